The van der Waals surface area contributed by atoms with Crippen molar-refractivity contribution in [2.75, 3.05) is 38.8 Å². The lowest BCUT2D eigenvalue weighted by Crippen LogP contribution is -2.09. The van der Waals surface area contributed by atoms with Crippen molar-refractivity contribution in [1.29, 1.82) is 0 Å². The van der Waals surface area contributed by atoms with Crippen LogP contribution in [-0.4, -0.2) is 48.0 Å². The van der Waals surface area contributed by atoms with Crippen LogP contribution in [0.5, 0.6) is 0 Å². The molecule has 2 aromatic rings. The van der Waals surface area contributed by atoms with Crippen LogP contribution in [0.4, 0.5) is 5.82 Å². The molecule has 0 aliphatic rings. The summed E-state index contributed by atoms with van der Waals surface area (Å²) in [5.41, 5.74) is 1.99. The number of anilines is 1. The van der Waals surface area contributed by atoms with Crippen LogP contribution >= 0.6 is 0 Å². The highest BCUT2D eigenvalue weighted by molar-refractivity contribution is 5.85. The second-order valence-electron chi connectivity index (χ2n) is 4.27. The first kappa shape index (κ1) is 13.8. The molecular formula is C13H20N4O2. The lowest BCUT2D eigenvalue weighted by Gasteiger charge is -2.07. The molecule has 2 heterocycles. The van der Waals surface area contributed by atoms with Crippen molar-refractivity contribution in [2.45, 2.75) is 6.42 Å². The van der Waals surface area contributed by atoms with Crippen LogP contribution in [0.15, 0.2) is 18.6 Å². The average Bonchev–Trinajstić information content (AvgIpc) is 2.81. The highest BCUT2D eigenvalue weighted by Crippen LogP contribution is 2.18. The number of imidazole rings is 1. The predicted molar refractivity (Wildman–Crippen MR) is 74.3 cm³/mol. The van der Waals surface area contributed by atoms with Gasteiger partial charge in [-0.2, -0.15) is 0 Å². The number of hydrogen-bond acceptors (Lipinski definition) is 5. The fraction of sp³-hybridized carbons (Fsp3) is 0.538. The Morgan fingerprint density at radius 1 is 1.26 bits per heavy atom. The van der Waals surface area contributed by atoms with Crippen molar-refractivity contribution in [2.24, 2.45) is 7.05 Å². The van der Waals surface area contributed by atoms with Gasteiger partial charge in [-0.15, -0.1) is 0 Å². The van der Waals surface area contributed by atoms with Gasteiger partial charge >= 0.3 is 0 Å². The van der Waals surface area contributed by atoms with Crippen LogP contribution < -0.4 is 5.32 Å². The predicted octanol–water partition coefficient (Wildman–Crippen LogP) is 1.43. The first-order chi connectivity index (χ1) is 9.33. The van der Waals surface area contributed by atoms with E-state index in [4.69, 9.17) is 9.47 Å². The zero-order valence-electron chi connectivity index (χ0n) is 11.4. The summed E-state index contributed by atoms with van der Waals surface area (Å²) < 4.78 is 12.3. The Hall–Kier alpha value is -1.66. The standard InChI is InChI=1S/C13H20N4O2/c1-17-10-16-12-11(17)4-6-15-13(12)14-5-3-7-19-9-8-18-2/h4,6,10H,3,5,7-9H2,1-2H3,(H,14,15). The normalized spacial score (nSPS) is 11.1. The van der Waals surface area contributed by atoms with Crippen LogP contribution in [0.1, 0.15) is 6.42 Å². The van der Waals surface area contributed by atoms with Crippen LogP contribution in [0, 0.1) is 0 Å². The summed E-state index contributed by atoms with van der Waals surface area (Å²) in [5.74, 6) is 0.829. The zero-order valence-corrected chi connectivity index (χ0v) is 11.4. The van der Waals surface area contributed by atoms with Gasteiger partial charge in [0.1, 0.15) is 5.52 Å². The van der Waals surface area contributed by atoms with Crippen molar-refractivity contribution in [3.8, 4) is 0 Å². The molecule has 0 aliphatic carbocycles. The van der Waals surface area contributed by atoms with E-state index in [1.165, 1.54) is 0 Å². The smallest absolute Gasteiger partial charge is 0.154 e. The average molecular weight is 264 g/mol. The van der Waals surface area contributed by atoms with Gasteiger partial charge in [0.2, 0.25) is 0 Å². The van der Waals surface area contributed by atoms with Crippen molar-refractivity contribution >= 4 is 16.9 Å². The maximum atomic E-state index is 5.40. The third kappa shape index (κ3) is 3.65. The van der Waals surface area contributed by atoms with Crippen LogP contribution in [0.3, 0.4) is 0 Å². The van der Waals surface area contributed by atoms with Gasteiger partial charge in [-0.25, -0.2) is 9.97 Å². The van der Waals surface area contributed by atoms with E-state index in [1.54, 1.807) is 19.6 Å². The molecule has 6 nitrogen and oxygen atoms in total. The van der Waals surface area contributed by atoms with Crippen LogP contribution in [0.25, 0.3) is 11.0 Å². The number of pyridine rings is 1. The number of methoxy groups -OCH3 is 1. The van der Waals surface area contributed by atoms with Crippen LogP contribution in [0.2, 0.25) is 0 Å². The molecule has 0 saturated heterocycles. The van der Waals surface area contributed by atoms with Crippen molar-refractivity contribution < 1.29 is 9.47 Å². The molecule has 19 heavy (non-hydrogen) atoms. The second-order valence-corrected chi connectivity index (χ2v) is 4.27. The number of hydrogen-bond donors (Lipinski definition) is 1. The highest BCUT2D eigenvalue weighted by Gasteiger charge is 2.05. The quantitative estimate of drug-likeness (QED) is 0.731. The number of rotatable bonds is 8. The molecule has 0 amide bonds. The Labute approximate surface area is 112 Å². The molecule has 0 saturated carbocycles. The monoisotopic (exact) mass is 264 g/mol. The largest absolute Gasteiger partial charge is 0.382 e. The molecule has 0 unspecified atom stereocenters. The Kier molecular flexibility index (Phi) is 5.11. The first-order valence-corrected chi connectivity index (χ1v) is 6.39. The molecule has 6 heteroatoms. The van der Waals surface area contributed by atoms with E-state index in [0.717, 1.165) is 29.8 Å². The van der Waals surface area contributed by atoms with E-state index in [-0.39, 0.29) is 0 Å². The minimum Gasteiger partial charge on any atom is -0.382 e. The molecule has 0 spiro atoms. The summed E-state index contributed by atoms with van der Waals surface area (Å²) >= 11 is 0. The summed E-state index contributed by atoms with van der Waals surface area (Å²) in [6.07, 6.45) is 4.52. The van der Waals surface area contributed by atoms with Gasteiger partial charge in [0.05, 0.1) is 25.1 Å². The molecule has 104 valence electrons. The molecule has 0 bridgehead atoms. The van der Waals surface area contributed by atoms with Gasteiger partial charge in [0, 0.05) is 33.5 Å². The molecule has 0 aliphatic heterocycles. The molecule has 0 radical (unpaired) electrons. The van der Waals surface area contributed by atoms with E-state index < -0.39 is 0 Å². The van der Waals surface area contributed by atoms with E-state index >= 15 is 0 Å². The molecule has 0 fully saturated rings. The van der Waals surface area contributed by atoms with Gasteiger partial charge in [-0.05, 0) is 12.5 Å². The van der Waals surface area contributed by atoms with Crippen molar-refractivity contribution in [3.05, 3.63) is 18.6 Å². The second kappa shape index (κ2) is 7.06. The highest BCUT2D eigenvalue weighted by atomic mass is 16.5. The zero-order chi connectivity index (χ0) is 13.5. The summed E-state index contributed by atoms with van der Waals surface area (Å²) in [6.45, 7) is 2.82. The maximum absolute atomic E-state index is 5.40. The number of aryl methyl sites for hydroxylation is 1. The van der Waals surface area contributed by atoms with Gasteiger partial charge in [-0.1, -0.05) is 0 Å². The summed E-state index contributed by atoms with van der Waals surface area (Å²) in [6, 6.07) is 1.96. The summed E-state index contributed by atoms with van der Waals surface area (Å²) in [5, 5.41) is 3.29. The molecular weight excluding hydrogens is 244 g/mol. The van der Waals surface area contributed by atoms with Gasteiger partial charge in [-0.3, -0.25) is 0 Å². The maximum Gasteiger partial charge on any atom is 0.154 e. The minimum atomic E-state index is 0.641. The van der Waals surface area contributed by atoms with Gasteiger partial charge < -0.3 is 19.4 Å². The number of nitrogens with zero attached hydrogens (tertiary/aromatic N) is 3. The Balaban J connectivity index is 1.79. The number of aromatic nitrogens is 3. The SMILES string of the molecule is COCCOCCCNc1nccc2c1ncn2C. The van der Waals surface area contributed by atoms with E-state index in [1.807, 2.05) is 17.7 Å². The molecule has 0 aromatic carbocycles. The number of ether oxygens (including phenoxy) is 2. The van der Waals surface area contributed by atoms with E-state index in [9.17, 15) is 0 Å². The topological polar surface area (TPSA) is 61.2 Å². The number of fused-ring (bicyclic) bond motifs is 1. The van der Waals surface area contributed by atoms with Crippen LogP contribution in [-0.2, 0) is 16.5 Å². The van der Waals surface area contributed by atoms with Crippen molar-refractivity contribution in [3.63, 3.8) is 0 Å². The third-order valence-corrected chi connectivity index (χ3v) is 2.83. The fourth-order valence-electron chi connectivity index (χ4n) is 1.82. The molecule has 0 atom stereocenters. The summed E-state index contributed by atoms with van der Waals surface area (Å²) in [4.78, 5) is 8.67. The third-order valence-electron chi connectivity index (χ3n) is 2.83. The lowest BCUT2D eigenvalue weighted by molar-refractivity contribution is 0.0705. The number of nitrogens with one attached hydrogen (secondary N) is 1. The molecule has 2 rings (SSSR count). The Morgan fingerprint density at radius 2 is 2.16 bits per heavy atom. The first-order valence-electron chi connectivity index (χ1n) is 6.39. The summed E-state index contributed by atoms with van der Waals surface area (Å²) in [7, 11) is 3.65. The fourth-order valence-corrected chi connectivity index (χ4v) is 1.82. The van der Waals surface area contributed by atoms with Crippen molar-refractivity contribution in [1.82, 2.24) is 14.5 Å². The minimum absolute atomic E-state index is 0.641. The van der Waals surface area contributed by atoms with Gasteiger partial charge in [0.25, 0.3) is 0 Å². The van der Waals surface area contributed by atoms with E-state index in [2.05, 4.69) is 15.3 Å². The Bertz CT molecular complexity index is 512. The molecule has 1 N–H and O–H groups in total. The lowest BCUT2D eigenvalue weighted by atomic mass is 10.3. The Morgan fingerprint density at radius 3 is 3.00 bits per heavy atom. The molecule has 2 aromatic heterocycles. The van der Waals surface area contributed by atoms with Gasteiger partial charge in [0.15, 0.2) is 5.82 Å². The van der Waals surface area contributed by atoms with E-state index in [0.29, 0.717) is 19.8 Å².